The van der Waals surface area contributed by atoms with Gasteiger partial charge in [-0.2, -0.15) is 0 Å². The zero-order valence-corrected chi connectivity index (χ0v) is 10.3. The fourth-order valence-electron chi connectivity index (χ4n) is 2.38. The third kappa shape index (κ3) is 2.23. The first-order chi connectivity index (χ1) is 7.99. The van der Waals surface area contributed by atoms with E-state index in [1.165, 1.54) is 6.20 Å². The maximum Gasteiger partial charge on any atom is 0.339 e. The van der Waals surface area contributed by atoms with Gasteiger partial charge < -0.3 is 10.0 Å². The maximum atomic E-state index is 10.9. The SMILES string of the molecule is Cc1nc(N2CC(C)CC2C)ncc1C(=O)O. The Labute approximate surface area is 100 Å². The molecule has 1 aliphatic rings. The first kappa shape index (κ1) is 11.8. The van der Waals surface area contributed by atoms with Gasteiger partial charge in [0.1, 0.15) is 0 Å². The van der Waals surface area contributed by atoms with Gasteiger partial charge in [0.05, 0.1) is 11.3 Å². The Bertz CT molecular complexity index is 447. The van der Waals surface area contributed by atoms with Crippen LogP contribution in [0.15, 0.2) is 6.20 Å². The normalized spacial score (nSPS) is 24.1. The number of carbonyl (C=O) groups is 1. The van der Waals surface area contributed by atoms with E-state index in [0.717, 1.165) is 13.0 Å². The Hall–Kier alpha value is -1.65. The Morgan fingerprint density at radius 3 is 2.71 bits per heavy atom. The maximum absolute atomic E-state index is 10.9. The summed E-state index contributed by atoms with van der Waals surface area (Å²) in [7, 11) is 0. The van der Waals surface area contributed by atoms with Crippen molar-refractivity contribution < 1.29 is 9.90 Å². The van der Waals surface area contributed by atoms with Crippen LogP contribution in [-0.2, 0) is 0 Å². The van der Waals surface area contributed by atoms with E-state index in [-0.39, 0.29) is 5.56 Å². The summed E-state index contributed by atoms with van der Waals surface area (Å²) in [6.07, 6.45) is 2.53. The van der Waals surface area contributed by atoms with E-state index < -0.39 is 5.97 Å². The van der Waals surface area contributed by atoms with Crippen LogP contribution in [0.2, 0.25) is 0 Å². The number of aryl methyl sites for hydroxylation is 1. The first-order valence-corrected chi connectivity index (χ1v) is 5.82. The summed E-state index contributed by atoms with van der Waals surface area (Å²) in [6.45, 7) is 6.99. The lowest BCUT2D eigenvalue weighted by molar-refractivity contribution is 0.0695. The standard InChI is InChI=1S/C12H17N3O2/c1-7-4-8(2)15(6-7)12-13-5-10(11(16)17)9(3)14-12/h5,7-8H,4,6H2,1-3H3,(H,16,17). The lowest BCUT2D eigenvalue weighted by atomic mass is 10.1. The summed E-state index contributed by atoms with van der Waals surface area (Å²) in [5.41, 5.74) is 0.697. The summed E-state index contributed by atoms with van der Waals surface area (Å²) in [5.74, 6) is 0.300. The molecule has 1 fully saturated rings. The Kier molecular flexibility index (Phi) is 3.00. The lowest BCUT2D eigenvalue weighted by Gasteiger charge is -2.21. The highest BCUT2D eigenvalue weighted by atomic mass is 16.4. The molecule has 0 radical (unpaired) electrons. The molecule has 92 valence electrons. The van der Waals surface area contributed by atoms with Crippen molar-refractivity contribution in [2.75, 3.05) is 11.4 Å². The van der Waals surface area contributed by atoms with Gasteiger partial charge in [-0.3, -0.25) is 0 Å². The Balaban J connectivity index is 2.29. The van der Waals surface area contributed by atoms with E-state index in [1.54, 1.807) is 6.92 Å². The van der Waals surface area contributed by atoms with Crippen LogP contribution in [0.25, 0.3) is 0 Å². The van der Waals surface area contributed by atoms with Crippen LogP contribution in [0.1, 0.15) is 36.3 Å². The molecule has 0 aliphatic carbocycles. The van der Waals surface area contributed by atoms with Crippen molar-refractivity contribution in [2.45, 2.75) is 33.2 Å². The van der Waals surface area contributed by atoms with Crippen LogP contribution in [0.5, 0.6) is 0 Å². The molecule has 2 heterocycles. The fraction of sp³-hybridized carbons (Fsp3) is 0.583. The molecule has 0 amide bonds. The number of aromatic carboxylic acids is 1. The molecule has 1 aromatic rings. The largest absolute Gasteiger partial charge is 0.478 e. The lowest BCUT2D eigenvalue weighted by Crippen LogP contribution is -2.29. The van der Waals surface area contributed by atoms with Crippen molar-refractivity contribution in [1.82, 2.24) is 9.97 Å². The Morgan fingerprint density at radius 1 is 1.53 bits per heavy atom. The number of hydrogen-bond donors (Lipinski definition) is 1. The number of carboxylic acids is 1. The number of hydrogen-bond acceptors (Lipinski definition) is 4. The highest BCUT2D eigenvalue weighted by molar-refractivity contribution is 5.88. The van der Waals surface area contributed by atoms with Crippen molar-refractivity contribution in [1.29, 1.82) is 0 Å². The van der Waals surface area contributed by atoms with Crippen molar-refractivity contribution in [3.8, 4) is 0 Å². The van der Waals surface area contributed by atoms with Gasteiger partial charge >= 0.3 is 5.97 Å². The Morgan fingerprint density at radius 2 is 2.24 bits per heavy atom. The van der Waals surface area contributed by atoms with Crippen LogP contribution >= 0.6 is 0 Å². The molecule has 1 aliphatic heterocycles. The zero-order chi connectivity index (χ0) is 12.6. The quantitative estimate of drug-likeness (QED) is 0.845. The predicted octanol–water partition coefficient (Wildman–Crippen LogP) is 1.72. The van der Waals surface area contributed by atoms with Gasteiger partial charge in [-0.05, 0) is 26.2 Å². The highest BCUT2D eigenvalue weighted by Gasteiger charge is 2.28. The fourth-order valence-corrected chi connectivity index (χ4v) is 2.38. The van der Waals surface area contributed by atoms with Gasteiger partial charge in [0.15, 0.2) is 0 Å². The minimum absolute atomic E-state index is 0.175. The predicted molar refractivity (Wildman–Crippen MR) is 64.3 cm³/mol. The van der Waals surface area contributed by atoms with Crippen molar-refractivity contribution >= 4 is 11.9 Å². The molecule has 2 unspecified atom stereocenters. The second kappa shape index (κ2) is 4.31. The number of rotatable bonds is 2. The molecule has 1 aromatic heterocycles. The van der Waals surface area contributed by atoms with Gasteiger partial charge in [0, 0.05) is 18.8 Å². The van der Waals surface area contributed by atoms with Crippen LogP contribution in [0.4, 0.5) is 5.95 Å². The second-order valence-corrected chi connectivity index (χ2v) is 4.82. The topological polar surface area (TPSA) is 66.3 Å². The van der Waals surface area contributed by atoms with E-state index in [4.69, 9.17) is 5.11 Å². The molecule has 1 saturated heterocycles. The molecule has 0 bridgehead atoms. The molecule has 2 rings (SSSR count). The minimum atomic E-state index is -0.975. The molecule has 5 heteroatoms. The van der Waals surface area contributed by atoms with E-state index >= 15 is 0 Å². The van der Waals surface area contributed by atoms with E-state index in [9.17, 15) is 4.79 Å². The highest BCUT2D eigenvalue weighted by Crippen LogP contribution is 2.26. The number of carboxylic acid groups (broad SMARTS) is 1. The monoisotopic (exact) mass is 235 g/mol. The van der Waals surface area contributed by atoms with Crippen LogP contribution in [0, 0.1) is 12.8 Å². The summed E-state index contributed by atoms with van der Waals surface area (Å²) >= 11 is 0. The summed E-state index contributed by atoms with van der Waals surface area (Å²) in [4.78, 5) is 21.5. The third-order valence-corrected chi connectivity index (χ3v) is 3.24. The van der Waals surface area contributed by atoms with E-state index in [2.05, 4.69) is 28.7 Å². The van der Waals surface area contributed by atoms with Gasteiger partial charge in [-0.25, -0.2) is 14.8 Å². The zero-order valence-electron chi connectivity index (χ0n) is 10.3. The molecule has 5 nitrogen and oxygen atoms in total. The molecule has 0 saturated carbocycles. The van der Waals surface area contributed by atoms with Gasteiger partial charge in [-0.15, -0.1) is 0 Å². The smallest absolute Gasteiger partial charge is 0.339 e. The van der Waals surface area contributed by atoms with Gasteiger partial charge in [-0.1, -0.05) is 6.92 Å². The van der Waals surface area contributed by atoms with Crippen LogP contribution in [-0.4, -0.2) is 33.6 Å². The second-order valence-electron chi connectivity index (χ2n) is 4.82. The van der Waals surface area contributed by atoms with Crippen LogP contribution < -0.4 is 4.90 Å². The van der Waals surface area contributed by atoms with Gasteiger partial charge in [0.25, 0.3) is 0 Å². The number of nitrogens with zero attached hydrogens (tertiary/aromatic N) is 3. The van der Waals surface area contributed by atoms with Crippen molar-refractivity contribution in [2.24, 2.45) is 5.92 Å². The third-order valence-electron chi connectivity index (χ3n) is 3.24. The minimum Gasteiger partial charge on any atom is -0.478 e. The molecule has 17 heavy (non-hydrogen) atoms. The molecular formula is C12H17N3O2. The van der Waals surface area contributed by atoms with Crippen molar-refractivity contribution in [3.63, 3.8) is 0 Å². The number of aromatic nitrogens is 2. The summed E-state index contributed by atoms with van der Waals surface area (Å²) in [5, 5.41) is 8.92. The molecule has 1 N–H and O–H groups in total. The average Bonchev–Trinajstić information content (AvgIpc) is 2.57. The molecular weight excluding hydrogens is 218 g/mol. The molecule has 2 atom stereocenters. The van der Waals surface area contributed by atoms with E-state index in [1.807, 2.05) is 0 Å². The molecule has 0 aromatic carbocycles. The van der Waals surface area contributed by atoms with E-state index in [0.29, 0.717) is 23.6 Å². The number of anilines is 1. The van der Waals surface area contributed by atoms with Crippen molar-refractivity contribution in [3.05, 3.63) is 17.5 Å². The summed E-state index contributed by atoms with van der Waals surface area (Å²) < 4.78 is 0. The van der Waals surface area contributed by atoms with Gasteiger partial charge in [0.2, 0.25) is 5.95 Å². The average molecular weight is 235 g/mol. The summed E-state index contributed by atoms with van der Waals surface area (Å²) in [6, 6.07) is 0.417. The molecule has 0 spiro atoms. The first-order valence-electron chi connectivity index (χ1n) is 5.82. The van der Waals surface area contributed by atoms with Crippen LogP contribution in [0.3, 0.4) is 0 Å².